The zero-order valence-corrected chi connectivity index (χ0v) is 9.06. The highest BCUT2D eigenvalue weighted by atomic mass is 16.5. The summed E-state index contributed by atoms with van der Waals surface area (Å²) in [6.07, 6.45) is 10.9. The number of hydrogen-bond acceptors (Lipinski definition) is 1. The van der Waals surface area contributed by atoms with E-state index in [9.17, 15) is 0 Å². The van der Waals surface area contributed by atoms with Crippen LogP contribution in [0.4, 0.5) is 0 Å². The lowest BCUT2D eigenvalue weighted by molar-refractivity contribution is 0.178. The number of allylic oxidation sites excluding steroid dienone is 2. The third-order valence-electron chi connectivity index (χ3n) is 2.76. The number of benzene rings is 1. The molecule has 0 radical (unpaired) electrons. The van der Waals surface area contributed by atoms with Crippen LogP contribution in [-0.4, -0.2) is 6.10 Å². The molecule has 0 N–H and O–H groups in total. The maximum Gasteiger partial charge on any atom is 0.119 e. The van der Waals surface area contributed by atoms with Crippen molar-refractivity contribution >= 4 is 0 Å². The summed E-state index contributed by atoms with van der Waals surface area (Å²) in [7, 11) is 0. The molecule has 0 spiro atoms. The van der Waals surface area contributed by atoms with Gasteiger partial charge in [-0.3, -0.25) is 0 Å². The molecule has 0 fully saturated rings. The van der Waals surface area contributed by atoms with Gasteiger partial charge in [-0.25, -0.2) is 0 Å². The molecule has 0 saturated heterocycles. The van der Waals surface area contributed by atoms with Gasteiger partial charge in [0.1, 0.15) is 5.75 Å². The van der Waals surface area contributed by atoms with Gasteiger partial charge in [0.2, 0.25) is 0 Å². The summed E-state index contributed by atoms with van der Waals surface area (Å²) < 4.78 is 5.96. The van der Waals surface area contributed by atoms with Crippen molar-refractivity contribution in [1.29, 1.82) is 0 Å². The molecule has 1 unspecified atom stereocenters. The lowest BCUT2D eigenvalue weighted by Crippen LogP contribution is -2.16. The fourth-order valence-corrected chi connectivity index (χ4v) is 1.93. The molecule has 0 amide bonds. The fraction of sp³-hybridized carbons (Fsp3) is 0.429. The van der Waals surface area contributed by atoms with Gasteiger partial charge in [0.15, 0.2) is 0 Å². The van der Waals surface area contributed by atoms with Crippen LogP contribution in [-0.2, 0) is 0 Å². The summed E-state index contributed by atoms with van der Waals surface area (Å²) >= 11 is 0. The maximum atomic E-state index is 5.96. The third kappa shape index (κ3) is 3.43. The van der Waals surface area contributed by atoms with Crippen molar-refractivity contribution in [3.8, 4) is 5.75 Å². The first kappa shape index (κ1) is 10.3. The Morgan fingerprint density at radius 3 is 2.60 bits per heavy atom. The second kappa shape index (κ2) is 5.59. The monoisotopic (exact) mass is 202 g/mol. The average molecular weight is 202 g/mol. The Bertz CT molecular complexity index is 302. The van der Waals surface area contributed by atoms with E-state index in [2.05, 4.69) is 12.2 Å². The summed E-state index contributed by atoms with van der Waals surface area (Å²) in [5.41, 5.74) is 0. The van der Waals surface area contributed by atoms with E-state index in [0.717, 1.165) is 18.6 Å². The molecule has 0 aliphatic heterocycles. The summed E-state index contributed by atoms with van der Waals surface area (Å²) in [5, 5.41) is 0. The van der Waals surface area contributed by atoms with E-state index in [-0.39, 0.29) is 0 Å². The van der Waals surface area contributed by atoms with E-state index in [4.69, 9.17) is 4.74 Å². The van der Waals surface area contributed by atoms with Crippen LogP contribution in [0.5, 0.6) is 5.75 Å². The van der Waals surface area contributed by atoms with E-state index < -0.39 is 0 Å². The first-order valence-corrected chi connectivity index (χ1v) is 5.82. The van der Waals surface area contributed by atoms with Crippen LogP contribution in [0.3, 0.4) is 0 Å². The Kier molecular flexibility index (Phi) is 3.84. The minimum absolute atomic E-state index is 0.400. The van der Waals surface area contributed by atoms with Crippen LogP contribution in [0.1, 0.15) is 32.1 Å². The summed E-state index contributed by atoms with van der Waals surface area (Å²) in [6.45, 7) is 0. The van der Waals surface area contributed by atoms with Crippen molar-refractivity contribution in [2.45, 2.75) is 38.2 Å². The first-order valence-electron chi connectivity index (χ1n) is 5.82. The molecule has 1 aliphatic carbocycles. The van der Waals surface area contributed by atoms with Crippen molar-refractivity contribution < 1.29 is 4.74 Å². The Morgan fingerprint density at radius 2 is 1.73 bits per heavy atom. The molecule has 0 saturated carbocycles. The van der Waals surface area contributed by atoms with Gasteiger partial charge in [-0.15, -0.1) is 0 Å². The van der Waals surface area contributed by atoms with E-state index >= 15 is 0 Å². The lowest BCUT2D eigenvalue weighted by atomic mass is 10.0. The predicted octanol–water partition coefficient (Wildman–Crippen LogP) is 3.95. The second-order valence-electron chi connectivity index (χ2n) is 4.03. The molecule has 1 aromatic carbocycles. The lowest BCUT2D eigenvalue weighted by Gasteiger charge is -2.19. The van der Waals surface area contributed by atoms with Crippen LogP contribution >= 0.6 is 0 Å². The van der Waals surface area contributed by atoms with Crippen LogP contribution in [0, 0.1) is 0 Å². The zero-order valence-electron chi connectivity index (χ0n) is 9.06. The minimum atomic E-state index is 0.400. The molecular formula is C14H18O. The SMILES string of the molecule is C1=C/CCC(Oc2ccccc2)CCC/1. The molecule has 1 heteroatoms. The van der Waals surface area contributed by atoms with Crippen LogP contribution < -0.4 is 4.74 Å². The number of ether oxygens (including phenoxy) is 1. The van der Waals surface area contributed by atoms with Gasteiger partial charge < -0.3 is 4.74 Å². The molecule has 1 nitrogen and oxygen atoms in total. The predicted molar refractivity (Wildman–Crippen MR) is 63.1 cm³/mol. The Hall–Kier alpha value is -1.24. The second-order valence-corrected chi connectivity index (χ2v) is 4.03. The van der Waals surface area contributed by atoms with E-state index in [0.29, 0.717) is 6.10 Å². The van der Waals surface area contributed by atoms with Gasteiger partial charge in [0.05, 0.1) is 6.10 Å². The van der Waals surface area contributed by atoms with Gasteiger partial charge in [-0.1, -0.05) is 30.4 Å². The average Bonchev–Trinajstić information content (AvgIpc) is 2.23. The highest BCUT2D eigenvalue weighted by molar-refractivity contribution is 5.21. The molecule has 0 heterocycles. The summed E-state index contributed by atoms with van der Waals surface area (Å²) in [5.74, 6) is 1.01. The quantitative estimate of drug-likeness (QED) is 0.660. The van der Waals surface area contributed by atoms with Crippen LogP contribution in [0.25, 0.3) is 0 Å². The van der Waals surface area contributed by atoms with Crippen LogP contribution in [0.2, 0.25) is 0 Å². The van der Waals surface area contributed by atoms with Gasteiger partial charge in [-0.05, 0) is 44.2 Å². The fourth-order valence-electron chi connectivity index (χ4n) is 1.93. The Balaban J connectivity index is 1.90. The third-order valence-corrected chi connectivity index (χ3v) is 2.76. The van der Waals surface area contributed by atoms with E-state index in [1.54, 1.807) is 0 Å². The summed E-state index contributed by atoms with van der Waals surface area (Å²) in [6, 6.07) is 10.1. The van der Waals surface area contributed by atoms with E-state index in [1.807, 2.05) is 30.3 Å². The molecule has 15 heavy (non-hydrogen) atoms. The molecule has 80 valence electrons. The van der Waals surface area contributed by atoms with Crippen molar-refractivity contribution in [3.63, 3.8) is 0 Å². The first-order chi connectivity index (χ1) is 7.45. The Morgan fingerprint density at radius 1 is 0.933 bits per heavy atom. The standard InChI is InChI=1S/C14H18O/c1-2-5-9-13(10-6-3-1)15-14-11-7-4-8-12-14/h1-2,4,7-8,11-13H,3,5-6,9-10H2/b2-1+. The maximum absolute atomic E-state index is 5.96. The molecule has 0 aromatic heterocycles. The zero-order chi connectivity index (χ0) is 10.3. The Labute approximate surface area is 91.8 Å². The van der Waals surface area contributed by atoms with Gasteiger partial charge in [0, 0.05) is 0 Å². The molecule has 1 aliphatic rings. The van der Waals surface area contributed by atoms with Gasteiger partial charge in [-0.2, -0.15) is 0 Å². The number of hydrogen-bond donors (Lipinski definition) is 0. The number of rotatable bonds is 2. The van der Waals surface area contributed by atoms with Crippen molar-refractivity contribution in [2.75, 3.05) is 0 Å². The molecule has 1 aromatic rings. The van der Waals surface area contributed by atoms with Crippen molar-refractivity contribution in [1.82, 2.24) is 0 Å². The largest absolute Gasteiger partial charge is 0.490 e. The summed E-state index contributed by atoms with van der Waals surface area (Å²) in [4.78, 5) is 0. The van der Waals surface area contributed by atoms with Crippen molar-refractivity contribution in [3.05, 3.63) is 42.5 Å². The molecule has 0 bridgehead atoms. The molecular weight excluding hydrogens is 184 g/mol. The number of para-hydroxylation sites is 1. The molecule has 1 atom stereocenters. The highest BCUT2D eigenvalue weighted by Crippen LogP contribution is 2.19. The van der Waals surface area contributed by atoms with Gasteiger partial charge in [0.25, 0.3) is 0 Å². The van der Waals surface area contributed by atoms with E-state index in [1.165, 1.54) is 19.3 Å². The molecule has 2 rings (SSSR count). The smallest absolute Gasteiger partial charge is 0.119 e. The normalized spacial score (nSPS) is 23.9. The van der Waals surface area contributed by atoms with Crippen LogP contribution in [0.15, 0.2) is 42.5 Å². The minimum Gasteiger partial charge on any atom is -0.490 e. The highest BCUT2D eigenvalue weighted by Gasteiger charge is 2.10. The topological polar surface area (TPSA) is 9.23 Å². The van der Waals surface area contributed by atoms with Gasteiger partial charge >= 0.3 is 0 Å². The van der Waals surface area contributed by atoms with Crippen molar-refractivity contribution in [2.24, 2.45) is 0 Å².